The Morgan fingerprint density at radius 2 is 2.12 bits per heavy atom. The Bertz CT molecular complexity index is 1020. The molecule has 26 heavy (non-hydrogen) atoms. The van der Waals surface area contributed by atoms with Crippen molar-refractivity contribution in [3.63, 3.8) is 0 Å². The molecule has 2 aromatic heterocycles. The Labute approximate surface area is 158 Å². The minimum Gasteiger partial charge on any atom is -0.508 e. The Kier molecular flexibility index (Phi) is 4.38. The van der Waals surface area contributed by atoms with E-state index in [2.05, 4.69) is 39.3 Å². The number of nitrogens with zero attached hydrogens (tertiary/aromatic N) is 3. The van der Waals surface area contributed by atoms with E-state index in [1.807, 2.05) is 18.3 Å². The van der Waals surface area contributed by atoms with Gasteiger partial charge in [0.05, 0.1) is 0 Å². The van der Waals surface area contributed by atoms with Crippen molar-refractivity contribution in [3.8, 4) is 11.4 Å². The number of rotatable bonds is 3. The number of hydrogen-bond donors (Lipinski definition) is 2. The third-order valence-electron chi connectivity index (χ3n) is 5.07. The van der Waals surface area contributed by atoms with E-state index in [1.54, 1.807) is 12.1 Å². The summed E-state index contributed by atoms with van der Waals surface area (Å²) in [6.45, 7) is 7.02. The molecule has 0 aliphatic carbocycles. The average Bonchev–Trinajstić information content (AvgIpc) is 2.88. The molecule has 0 atom stereocenters. The van der Waals surface area contributed by atoms with Gasteiger partial charge in [0, 0.05) is 66.7 Å². The van der Waals surface area contributed by atoms with Gasteiger partial charge < -0.3 is 14.7 Å². The molecule has 134 valence electrons. The molecular weight excluding hydrogens is 344 g/mol. The maximum Gasteiger partial charge on any atom is 0.196 e. The lowest BCUT2D eigenvalue weighted by atomic mass is 10.1. The van der Waals surface area contributed by atoms with Crippen LogP contribution in [0.1, 0.15) is 28.2 Å². The number of fused-ring (bicyclic) bond motifs is 1. The molecule has 3 aromatic rings. The Morgan fingerprint density at radius 3 is 2.92 bits per heavy atom. The zero-order chi connectivity index (χ0) is 18.3. The van der Waals surface area contributed by atoms with Crippen LogP contribution in [0.25, 0.3) is 5.69 Å². The summed E-state index contributed by atoms with van der Waals surface area (Å²) in [4.78, 5) is 9.88. The van der Waals surface area contributed by atoms with Gasteiger partial charge in [-0.25, -0.2) is 4.98 Å². The highest BCUT2D eigenvalue weighted by Gasteiger charge is 2.19. The van der Waals surface area contributed by atoms with Gasteiger partial charge in [-0.1, -0.05) is 6.07 Å². The number of benzene rings is 1. The molecule has 4 rings (SSSR count). The van der Waals surface area contributed by atoms with E-state index in [4.69, 9.17) is 12.2 Å². The molecule has 0 spiro atoms. The fourth-order valence-corrected chi connectivity index (χ4v) is 3.98. The Morgan fingerprint density at radius 1 is 1.27 bits per heavy atom. The van der Waals surface area contributed by atoms with Gasteiger partial charge in [-0.15, -0.1) is 0 Å². The molecule has 1 aromatic carbocycles. The average molecular weight is 366 g/mol. The summed E-state index contributed by atoms with van der Waals surface area (Å²) >= 11 is 5.12. The standard InChI is InChI=1S/C20H22N4OS/c1-13-8-15(14(2)24(13)17-4-3-5-18(25)9-17)11-23-7-6-19-16(12-23)10-21-20(26)22-19/h3-5,8-10,25H,6-7,11-12H2,1-2H3,(H,21,22,26). The number of aromatic amines is 1. The number of nitrogens with one attached hydrogen (secondary N) is 1. The maximum absolute atomic E-state index is 9.80. The normalized spacial score (nSPS) is 14.4. The summed E-state index contributed by atoms with van der Waals surface area (Å²) in [5, 5.41) is 9.80. The van der Waals surface area contributed by atoms with E-state index in [-0.39, 0.29) is 5.75 Å². The first-order chi connectivity index (χ1) is 12.5. The largest absolute Gasteiger partial charge is 0.508 e. The smallest absolute Gasteiger partial charge is 0.196 e. The first kappa shape index (κ1) is 17.0. The van der Waals surface area contributed by atoms with Crippen LogP contribution in [0.5, 0.6) is 5.75 Å². The lowest BCUT2D eigenvalue weighted by molar-refractivity contribution is 0.242. The molecule has 3 heterocycles. The number of aromatic nitrogens is 3. The van der Waals surface area contributed by atoms with Gasteiger partial charge >= 0.3 is 0 Å². The van der Waals surface area contributed by atoms with Gasteiger partial charge in [-0.3, -0.25) is 4.90 Å². The van der Waals surface area contributed by atoms with Crippen LogP contribution in [-0.2, 0) is 19.5 Å². The van der Waals surface area contributed by atoms with E-state index in [1.165, 1.54) is 28.2 Å². The van der Waals surface area contributed by atoms with Crippen LogP contribution in [-0.4, -0.2) is 31.1 Å². The van der Waals surface area contributed by atoms with Gasteiger partial charge in [-0.2, -0.15) is 0 Å². The summed E-state index contributed by atoms with van der Waals surface area (Å²) in [6, 6.07) is 9.64. The van der Waals surface area contributed by atoms with Crippen molar-refractivity contribution in [3.05, 3.63) is 69.5 Å². The Balaban J connectivity index is 1.59. The third-order valence-corrected chi connectivity index (χ3v) is 5.28. The SMILES string of the molecule is Cc1cc(CN2CCc3[nH]c(=S)ncc3C2)c(C)n1-c1cccc(O)c1. The lowest BCUT2D eigenvalue weighted by Gasteiger charge is -2.28. The zero-order valence-corrected chi connectivity index (χ0v) is 15.8. The highest BCUT2D eigenvalue weighted by molar-refractivity contribution is 7.71. The second-order valence-corrected chi connectivity index (χ2v) is 7.29. The summed E-state index contributed by atoms with van der Waals surface area (Å²) in [5.74, 6) is 0.286. The van der Waals surface area contributed by atoms with Crippen molar-refractivity contribution in [2.24, 2.45) is 0 Å². The van der Waals surface area contributed by atoms with Gasteiger partial charge in [0.15, 0.2) is 4.77 Å². The van der Waals surface area contributed by atoms with Crippen LogP contribution in [0.4, 0.5) is 0 Å². The van der Waals surface area contributed by atoms with E-state index >= 15 is 0 Å². The predicted octanol–water partition coefficient (Wildman–Crippen LogP) is 3.81. The van der Waals surface area contributed by atoms with Crippen LogP contribution < -0.4 is 0 Å². The quantitative estimate of drug-likeness (QED) is 0.692. The molecule has 6 heteroatoms. The van der Waals surface area contributed by atoms with Crippen molar-refractivity contribution in [1.82, 2.24) is 19.4 Å². The molecule has 0 radical (unpaired) electrons. The van der Waals surface area contributed by atoms with Crippen molar-refractivity contribution >= 4 is 12.2 Å². The molecule has 1 aliphatic rings. The van der Waals surface area contributed by atoms with Crippen LogP contribution in [0.2, 0.25) is 0 Å². The molecule has 5 nitrogen and oxygen atoms in total. The molecular formula is C20H22N4OS. The molecule has 0 saturated heterocycles. The summed E-state index contributed by atoms with van der Waals surface area (Å²) < 4.78 is 2.76. The van der Waals surface area contributed by atoms with Crippen molar-refractivity contribution < 1.29 is 5.11 Å². The monoisotopic (exact) mass is 366 g/mol. The van der Waals surface area contributed by atoms with Crippen molar-refractivity contribution in [2.45, 2.75) is 33.4 Å². The molecule has 1 aliphatic heterocycles. The van der Waals surface area contributed by atoms with Crippen molar-refractivity contribution in [1.29, 1.82) is 0 Å². The van der Waals surface area contributed by atoms with Gasteiger partial charge in [0.25, 0.3) is 0 Å². The number of aromatic hydroxyl groups is 1. The predicted molar refractivity (Wildman–Crippen MR) is 104 cm³/mol. The van der Waals surface area contributed by atoms with Crippen LogP contribution in [0.15, 0.2) is 36.5 Å². The van der Waals surface area contributed by atoms with E-state index in [0.29, 0.717) is 4.77 Å². The topological polar surface area (TPSA) is 57.1 Å². The van der Waals surface area contributed by atoms with E-state index in [9.17, 15) is 5.11 Å². The fraction of sp³-hybridized carbons (Fsp3) is 0.300. The molecule has 0 amide bonds. The highest BCUT2D eigenvalue weighted by atomic mass is 32.1. The second-order valence-electron chi connectivity index (χ2n) is 6.90. The molecule has 0 unspecified atom stereocenters. The maximum atomic E-state index is 9.80. The number of hydrogen-bond acceptors (Lipinski definition) is 4. The zero-order valence-electron chi connectivity index (χ0n) is 15.0. The Hall–Kier alpha value is -2.44. The summed E-state index contributed by atoms with van der Waals surface area (Å²) in [7, 11) is 0. The van der Waals surface area contributed by atoms with Gasteiger partial charge in [0.2, 0.25) is 0 Å². The first-order valence-corrected chi connectivity index (χ1v) is 9.19. The van der Waals surface area contributed by atoms with Crippen LogP contribution in [0, 0.1) is 18.6 Å². The number of phenols is 1. The highest BCUT2D eigenvalue weighted by Crippen LogP contribution is 2.25. The summed E-state index contributed by atoms with van der Waals surface area (Å²) in [5.41, 5.74) is 7.13. The third kappa shape index (κ3) is 3.18. The summed E-state index contributed by atoms with van der Waals surface area (Å²) in [6.07, 6.45) is 2.86. The molecule has 0 saturated carbocycles. The van der Waals surface area contributed by atoms with E-state index < -0.39 is 0 Å². The first-order valence-electron chi connectivity index (χ1n) is 8.78. The van der Waals surface area contributed by atoms with Crippen molar-refractivity contribution in [2.75, 3.05) is 6.54 Å². The lowest BCUT2D eigenvalue weighted by Crippen LogP contribution is -2.31. The van der Waals surface area contributed by atoms with Gasteiger partial charge in [-0.05, 0) is 49.8 Å². The molecule has 0 fully saturated rings. The van der Waals surface area contributed by atoms with Crippen LogP contribution >= 0.6 is 12.2 Å². The minimum atomic E-state index is 0.286. The molecule has 2 N–H and O–H groups in total. The second kappa shape index (κ2) is 6.70. The number of H-pyrrole nitrogens is 1. The minimum absolute atomic E-state index is 0.286. The molecule has 0 bridgehead atoms. The van der Waals surface area contributed by atoms with Crippen LogP contribution in [0.3, 0.4) is 0 Å². The number of phenolic OH excluding ortho intramolecular Hbond substituents is 1. The van der Waals surface area contributed by atoms with Gasteiger partial charge in [0.1, 0.15) is 5.75 Å². The number of aryl methyl sites for hydroxylation is 1. The fourth-order valence-electron chi connectivity index (χ4n) is 3.80. The van der Waals surface area contributed by atoms with E-state index in [0.717, 1.165) is 31.7 Å².